The fourth-order valence-corrected chi connectivity index (χ4v) is 2.24. The number of rotatable bonds is 6. The first kappa shape index (κ1) is 14.3. The summed E-state index contributed by atoms with van der Waals surface area (Å²) in [5.41, 5.74) is 6.80. The molecule has 2 rings (SSSR count). The van der Waals surface area contributed by atoms with Gasteiger partial charge in [-0.3, -0.25) is 5.10 Å². The molecule has 0 spiro atoms. The van der Waals surface area contributed by atoms with E-state index in [1.807, 2.05) is 0 Å². The number of nitrogens with one attached hydrogen (secondary N) is 2. The smallest absolute Gasteiger partial charge is 0.238 e. The Labute approximate surface area is 116 Å². The van der Waals surface area contributed by atoms with Gasteiger partial charge in [0.1, 0.15) is 12.2 Å². The van der Waals surface area contributed by atoms with E-state index in [2.05, 4.69) is 20.5 Å². The molecule has 0 saturated carbocycles. The van der Waals surface area contributed by atoms with Gasteiger partial charge in [-0.1, -0.05) is 0 Å². The molecule has 0 atom stereocenters. The number of anilines is 2. The second-order valence-corrected chi connectivity index (χ2v) is 5.82. The second-order valence-electron chi connectivity index (χ2n) is 4.26. The summed E-state index contributed by atoms with van der Waals surface area (Å²) in [7, 11) is -3.73. The minimum absolute atomic E-state index is 0.0319. The molecule has 0 bridgehead atoms. The average molecular weight is 296 g/mol. The van der Waals surface area contributed by atoms with Gasteiger partial charge in [0.25, 0.3) is 0 Å². The maximum Gasteiger partial charge on any atom is 0.238 e. The number of nitrogens with two attached hydrogens (primary N) is 2. The summed E-state index contributed by atoms with van der Waals surface area (Å²) in [6.45, 7) is 0.624. The van der Waals surface area contributed by atoms with Crippen molar-refractivity contribution in [1.82, 2.24) is 15.2 Å². The van der Waals surface area contributed by atoms with E-state index < -0.39 is 10.0 Å². The fraction of sp³-hybridized carbons (Fsp3) is 0.273. The molecule has 8 nitrogen and oxygen atoms in total. The first-order valence-electron chi connectivity index (χ1n) is 5.97. The van der Waals surface area contributed by atoms with Gasteiger partial charge in [0, 0.05) is 13.0 Å². The van der Waals surface area contributed by atoms with E-state index in [1.165, 1.54) is 24.5 Å². The molecule has 108 valence electrons. The van der Waals surface area contributed by atoms with E-state index in [0.29, 0.717) is 17.9 Å². The van der Waals surface area contributed by atoms with Gasteiger partial charge >= 0.3 is 0 Å². The first-order valence-corrected chi connectivity index (χ1v) is 7.52. The number of aryl methyl sites for hydroxylation is 1. The Morgan fingerprint density at radius 2 is 2.15 bits per heavy atom. The van der Waals surface area contributed by atoms with Crippen LogP contribution in [0, 0.1) is 0 Å². The number of primary sulfonamides is 1. The van der Waals surface area contributed by atoms with Gasteiger partial charge in [0.05, 0.1) is 16.3 Å². The molecule has 0 unspecified atom stereocenters. The minimum Gasteiger partial charge on any atom is -0.397 e. The van der Waals surface area contributed by atoms with E-state index in [9.17, 15) is 8.42 Å². The third-order valence-corrected chi connectivity index (χ3v) is 3.64. The average Bonchev–Trinajstić information content (AvgIpc) is 2.88. The highest BCUT2D eigenvalue weighted by atomic mass is 32.2. The SMILES string of the molecule is Nc1ccc(S(N)(=O)=O)cc1NCCCc1ncn[nH]1. The Kier molecular flexibility index (Phi) is 4.20. The lowest BCUT2D eigenvalue weighted by molar-refractivity contribution is 0.598. The highest BCUT2D eigenvalue weighted by Crippen LogP contribution is 2.22. The number of nitrogens with zero attached hydrogens (tertiary/aromatic N) is 2. The first-order chi connectivity index (χ1) is 9.47. The summed E-state index contributed by atoms with van der Waals surface area (Å²) in [6.07, 6.45) is 2.99. The van der Waals surface area contributed by atoms with E-state index in [4.69, 9.17) is 10.9 Å². The maximum atomic E-state index is 11.3. The van der Waals surface area contributed by atoms with Crippen molar-refractivity contribution in [2.45, 2.75) is 17.7 Å². The topological polar surface area (TPSA) is 140 Å². The third-order valence-electron chi connectivity index (χ3n) is 2.72. The van der Waals surface area contributed by atoms with Crippen molar-refractivity contribution in [3.63, 3.8) is 0 Å². The zero-order chi connectivity index (χ0) is 14.6. The molecule has 1 heterocycles. The van der Waals surface area contributed by atoms with Gasteiger partial charge in [-0.25, -0.2) is 18.5 Å². The van der Waals surface area contributed by atoms with Crippen LogP contribution in [-0.4, -0.2) is 30.1 Å². The van der Waals surface area contributed by atoms with Crippen LogP contribution < -0.4 is 16.2 Å². The molecule has 9 heteroatoms. The monoisotopic (exact) mass is 296 g/mol. The zero-order valence-corrected chi connectivity index (χ0v) is 11.5. The molecule has 1 aromatic carbocycles. The largest absolute Gasteiger partial charge is 0.397 e. The van der Waals surface area contributed by atoms with Crippen LogP contribution >= 0.6 is 0 Å². The van der Waals surface area contributed by atoms with Crippen molar-refractivity contribution in [2.24, 2.45) is 5.14 Å². The molecular weight excluding hydrogens is 280 g/mol. The van der Waals surface area contributed by atoms with Crippen LogP contribution in [0.5, 0.6) is 0 Å². The predicted molar refractivity (Wildman–Crippen MR) is 75.4 cm³/mol. The molecule has 20 heavy (non-hydrogen) atoms. The van der Waals surface area contributed by atoms with E-state index >= 15 is 0 Å². The number of aromatic nitrogens is 3. The molecule has 0 aliphatic carbocycles. The van der Waals surface area contributed by atoms with E-state index in [0.717, 1.165) is 18.7 Å². The van der Waals surface area contributed by atoms with Crippen LogP contribution in [0.3, 0.4) is 0 Å². The Bertz CT molecular complexity index is 668. The van der Waals surface area contributed by atoms with Gasteiger partial charge in [0.15, 0.2) is 0 Å². The van der Waals surface area contributed by atoms with Gasteiger partial charge < -0.3 is 11.1 Å². The standard InChI is InChI=1S/C11H16N6O2S/c12-9-4-3-8(20(13,18)19)6-10(9)14-5-1-2-11-15-7-16-17-11/h3-4,6-7,14H,1-2,5,12H2,(H2,13,18,19)(H,15,16,17). The molecule has 0 aliphatic heterocycles. The van der Waals surface area contributed by atoms with Crippen molar-refractivity contribution in [1.29, 1.82) is 0 Å². The van der Waals surface area contributed by atoms with Crippen molar-refractivity contribution in [3.05, 3.63) is 30.4 Å². The van der Waals surface area contributed by atoms with Gasteiger partial charge in [-0.15, -0.1) is 0 Å². The fourth-order valence-electron chi connectivity index (χ4n) is 1.70. The van der Waals surface area contributed by atoms with Crippen LogP contribution in [0.4, 0.5) is 11.4 Å². The van der Waals surface area contributed by atoms with Crippen LogP contribution in [-0.2, 0) is 16.4 Å². The van der Waals surface area contributed by atoms with Crippen molar-refractivity contribution in [2.75, 3.05) is 17.6 Å². The lowest BCUT2D eigenvalue weighted by Gasteiger charge is -2.10. The Hall–Kier alpha value is -2.13. The number of benzene rings is 1. The normalized spacial score (nSPS) is 11.4. The summed E-state index contributed by atoms with van der Waals surface area (Å²) in [5.74, 6) is 0.804. The highest BCUT2D eigenvalue weighted by Gasteiger charge is 2.10. The Morgan fingerprint density at radius 1 is 1.35 bits per heavy atom. The number of hydrogen-bond acceptors (Lipinski definition) is 6. The zero-order valence-electron chi connectivity index (χ0n) is 10.7. The number of aromatic amines is 1. The van der Waals surface area contributed by atoms with Crippen molar-refractivity contribution in [3.8, 4) is 0 Å². The van der Waals surface area contributed by atoms with Crippen LogP contribution in [0.1, 0.15) is 12.2 Å². The molecule has 1 aromatic heterocycles. The molecule has 0 amide bonds. The minimum atomic E-state index is -3.73. The molecule has 0 saturated heterocycles. The van der Waals surface area contributed by atoms with Gasteiger partial charge in [-0.2, -0.15) is 5.10 Å². The third kappa shape index (κ3) is 3.68. The second kappa shape index (κ2) is 5.88. The van der Waals surface area contributed by atoms with Crippen molar-refractivity contribution < 1.29 is 8.42 Å². The highest BCUT2D eigenvalue weighted by molar-refractivity contribution is 7.89. The van der Waals surface area contributed by atoms with E-state index in [1.54, 1.807) is 0 Å². The Balaban J connectivity index is 1.95. The predicted octanol–water partition coefficient (Wildman–Crippen LogP) is 0.0790. The molecule has 0 aliphatic rings. The number of sulfonamides is 1. The van der Waals surface area contributed by atoms with Crippen LogP contribution in [0.2, 0.25) is 0 Å². The summed E-state index contributed by atoms with van der Waals surface area (Å²) < 4.78 is 22.5. The lowest BCUT2D eigenvalue weighted by Crippen LogP contribution is -2.13. The van der Waals surface area contributed by atoms with Crippen LogP contribution in [0.15, 0.2) is 29.4 Å². The van der Waals surface area contributed by atoms with Gasteiger partial charge in [0.2, 0.25) is 10.0 Å². The van der Waals surface area contributed by atoms with E-state index in [-0.39, 0.29) is 4.90 Å². The molecule has 2 aromatic rings. The number of nitrogen functional groups attached to an aromatic ring is 1. The lowest BCUT2D eigenvalue weighted by atomic mass is 10.2. The number of hydrogen-bond donors (Lipinski definition) is 4. The summed E-state index contributed by atoms with van der Waals surface area (Å²) in [5, 5.41) is 14.7. The molecule has 0 radical (unpaired) electrons. The maximum absolute atomic E-state index is 11.3. The molecule has 6 N–H and O–H groups in total. The van der Waals surface area contributed by atoms with Crippen LogP contribution in [0.25, 0.3) is 0 Å². The summed E-state index contributed by atoms with van der Waals surface area (Å²) >= 11 is 0. The number of H-pyrrole nitrogens is 1. The summed E-state index contributed by atoms with van der Waals surface area (Å²) in [6, 6.07) is 4.32. The molecule has 0 fully saturated rings. The van der Waals surface area contributed by atoms with Gasteiger partial charge in [-0.05, 0) is 24.6 Å². The quantitative estimate of drug-likeness (QED) is 0.439. The van der Waals surface area contributed by atoms with Crippen molar-refractivity contribution >= 4 is 21.4 Å². The Morgan fingerprint density at radius 3 is 2.80 bits per heavy atom. The summed E-state index contributed by atoms with van der Waals surface area (Å²) in [4.78, 5) is 4.04. The molecular formula is C11H16N6O2S.